The summed E-state index contributed by atoms with van der Waals surface area (Å²) in [6, 6.07) is 13.9. The summed E-state index contributed by atoms with van der Waals surface area (Å²) in [6.07, 6.45) is 0.732. The minimum atomic E-state index is -0.0913. The fourth-order valence-electron chi connectivity index (χ4n) is 2.90. The predicted molar refractivity (Wildman–Crippen MR) is 99.3 cm³/mol. The van der Waals surface area contributed by atoms with Gasteiger partial charge in [-0.15, -0.1) is 0 Å². The van der Waals surface area contributed by atoms with Crippen molar-refractivity contribution in [2.75, 3.05) is 26.2 Å². The van der Waals surface area contributed by atoms with Crippen LogP contribution in [0.4, 0.5) is 0 Å². The predicted octanol–water partition coefficient (Wildman–Crippen LogP) is 3.98. The molecule has 0 unspecified atom stereocenters. The van der Waals surface area contributed by atoms with Gasteiger partial charge < -0.3 is 9.80 Å². The van der Waals surface area contributed by atoms with E-state index < -0.39 is 0 Å². The maximum absolute atomic E-state index is 12.7. The summed E-state index contributed by atoms with van der Waals surface area (Å²) in [7, 11) is 0. The molecule has 0 atom stereocenters. The van der Waals surface area contributed by atoms with Crippen LogP contribution in [0.1, 0.15) is 27.1 Å². The van der Waals surface area contributed by atoms with Crippen LogP contribution in [-0.4, -0.2) is 47.8 Å². The highest BCUT2D eigenvalue weighted by Gasteiger charge is 2.24. The first-order valence-corrected chi connectivity index (χ1v) is 8.90. The average Bonchev–Trinajstić information content (AvgIpc) is 2.88. The van der Waals surface area contributed by atoms with Crippen LogP contribution in [-0.2, 0) is 0 Å². The zero-order chi connectivity index (χ0) is 17.8. The van der Waals surface area contributed by atoms with Crippen LogP contribution in [0.3, 0.4) is 0 Å². The number of halogens is 2. The Hall–Kier alpha value is -2.04. The second-order valence-electron chi connectivity index (χ2n) is 5.92. The van der Waals surface area contributed by atoms with Gasteiger partial charge in [-0.2, -0.15) is 0 Å². The van der Waals surface area contributed by atoms with E-state index in [0.29, 0.717) is 47.4 Å². The molecule has 6 heteroatoms. The van der Waals surface area contributed by atoms with Gasteiger partial charge in [0.15, 0.2) is 0 Å². The highest BCUT2D eigenvalue weighted by Crippen LogP contribution is 2.19. The number of hydrogen-bond donors (Lipinski definition) is 0. The largest absolute Gasteiger partial charge is 0.337 e. The standard InChI is InChI=1S/C19H18Cl2N2O2/c20-15-8-6-14(7-9-15)18(24)22-10-3-11-23(13-12-22)19(25)16-4-1-2-5-17(16)21/h1-2,4-9H,3,10-13H2. The first-order chi connectivity index (χ1) is 12.1. The zero-order valence-electron chi connectivity index (χ0n) is 13.6. The Balaban J connectivity index is 1.68. The van der Waals surface area contributed by atoms with Gasteiger partial charge in [0.1, 0.15) is 0 Å². The molecule has 2 aromatic rings. The molecule has 0 spiro atoms. The smallest absolute Gasteiger partial charge is 0.255 e. The van der Waals surface area contributed by atoms with Crippen LogP contribution in [0.15, 0.2) is 48.5 Å². The van der Waals surface area contributed by atoms with E-state index in [1.165, 1.54) is 0 Å². The monoisotopic (exact) mass is 376 g/mol. The van der Waals surface area contributed by atoms with Crippen molar-refractivity contribution in [1.82, 2.24) is 9.80 Å². The molecular weight excluding hydrogens is 359 g/mol. The van der Waals surface area contributed by atoms with Crippen molar-refractivity contribution < 1.29 is 9.59 Å². The van der Waals surface area contributed by atoms with Crippen LogP contribution in [0.2, 0.25) is 10.0 Å². The van der Waals surface area contributed by atoms with Gasteiger partial charge in [0, 0.05) is 36.8 Å². The number of benzene rings is 2. The third kappa shape index (κ3) is 4.14. The minimum absolute atomic E-state index is 0.0382. The minimum Gasteiger partial charge on any atom is -0.337 e. The lowest BCUT2D eigenvalue weighted by atomic mass is 10.2. The first kappa shape index (κ1) is 17.8. The van der Waals surface area contributed by atoms with E-state index in [-0.39, 0.29) is 11.8 Å². The van der Waals surface area contributed by atoms with E-state index in [2.05, 4.69) is 0 Å². The van der Waals surface area contributed by atoms with E-state index in [4.69, 9.17) is 23.2 Å². The van der Waals surface area contributed by atoms with E-state index in [0.717, 1.165) is 6.42 Å². The summed E-state index contributed by atoms with van der Waals surface area (Å²) >= 11 is 12.0. The van der Waals surface area contributed by atoms with Gasteiger partial charge in [-0.05, 0) is 42.8 Å². The lowest BCUT2D eigenvalue weighted by molar-refractivity contribution is 0.0719. The Morgan fingerprint density at radius 1 is 0.760 bits per heavy atom. The molecular formula is C19H18Cl2N2O2. The number of carbonyl (C=O) groups excluding carboxylic acids is 2. The molecule has 1 heterocycles. The van der Waals surface area contributed by atoms with Gasteiger partial charge in [0.25, 0.3) is 11.8 Å². The summed E-state index contributed by atoms with van der Waals surface area (Å²) in [5.41, 5.74) is 1.11. The maximum atomic E-state index is 12.7. The van der Waals surface area contributed by atoms with Crippen LogP contribution < -0.4 is 0 Å². The second-order valence-corrected chi connectivity index (χ2v) is 6.77. The van der Waals surface area contributed by atoms with E-state index in [1.807, 2.05) is 0 Å². The van der Waals surface area contributed by atoms with Gasteiger partial charge in [-0.1, -0.05) is 35.3 Å². The molecule has 0 bridgehead atoms. The summed E-state index contributed by atoms with van der Waals surface area (Å²) in [6.45, 7) is 2.21. The average molecular weight is 377 g/mol. The Morgan fingerprint density at radius 3 is 2.00 bits per heavy atom. The highest BCUT2D eigenvalue weighted by atomic mass is 35.5. The summed E-state index contributed by atoms with van der Waals surface area (Å²) < 4.78 is 0. The molecule has 1 aliphatic rings. The van der Waals surface area contributed by atoms with E-state index in [9.17, 15) is 9.59 Å². The summed E-state index contributed by atoms with van der Waals surface area (Å²) in [5, 5.41) is 1.05. The van der Waals surface area contributed by atoms with Crippen LogP contribution >= 0.6 is 23.2 Å². The fraction of sp³-hybridized carbons (Fsp3) is 0.263. The molecule has 1 fully saturated rings. The number of hydrogen-bond acceptors (Lipinski definition) is 2. The van der Waals surface area contributed by atoms with Crippen molar-refractivity contribution in [3.05, 3.63) is 69.7 Å². The third-order valence-corrected chi connectivity index (χ3v) is 4.85. The molecule has 2 aromatic carbocycles. The van der Waals surface area contributed by atoms with Crippen molar-refractivity contribution in [2.24, 2.45) is 0 Å². The molecule has 1 aliphatic heterocycles. The number of amides is 2. The molecule has 0 aromatic heterocycles. The number of carbonyl (C=O) groups is 2. The van der Waals surface area contributed by atoms with Crippen molar-refractivity contribution in [2.45, 2.75) is 6.42 Å². The topological polar surface area (TPSA) is 40.6 Å². The lowest BCUT2D eigenvalue weighted by Crippen LogP contribution is -2.37. The molecule has 0 N–H and O–H groups in total. The molecule has 0 saturated carbocycles. The van der Waals surface area contributed by atoms with Crippen LogP contribution in [0.5, 0.6) is 0 Å². The molecule has 3 rings (SSSR count). The molecule has 4 nitrogen and oxygen atoms in total. The molecule has 0 radical (unpaired) electrons. The second kappa shape index (κ2) is 7.89. The first-order valence-electron chi connectivity index (χ1n) is 8.15. The Kier molecular flexibility index (Phi) is 5.61. The van der Waals surface area contributed by atoms with E-state index in [1.54, 1.807) is 58.3 Å². The fourth-order valence-corrected chi connectivity index (χ4v) is 3.25. The van der Waals surface area contributed by atoms with E-state index >= 15 is 0 Å². The van der Waals surface area contributed by atoms with Gasteiger partial charge >= 0.3 is 0 Å². The quantitative estimate of drug-likeness (QED) is 0.794. The van der Waals surface area contributed by atoms with Crippen molar-refractivity contribution in [3.63, 3.8) is 0 Å². The van der Waals surface area contributed by atoms with Crippen LogP contribution in [0.25, 0.3) is 0 Å². The Bertz CT molecular complexity index is 777. The highest BCUT2D eigenvalue weighted by molar-refractivity contribution is 6.33. The normalized spacial score (nSPS) is 15.0. The van der Waals surface area contributed by atoms with Gasteiger partial charge in [-0.3, -0.25) is 9.59 Å². The molecule has 2 amide bonds. The Labute approximate surface area is 156 Å². The maximum Gasteiger partial charge on any atom is 0.255 e. The van der Waals surface area contributed by atoms with Crippen molar-refractivity contribution >= 4 is 35.0 Å². The third-order valence-electron chi connectivity index (χ3n) is 4.27. The zero-order valence-corrected chi connectivity index (χ0v) is 15.1. The molecule has 1 saturated heterocycles. The number of rotatable bonds is 2. The molecule has 0 aliphatic carbocycles. The van der Waals surface area contributed by atoms with Crippen molar-refractivity contribution in [3.8, 4) is 0 Å². The lowest BCUT2D eigenvalue weighted by Gasteiger charge is -2.22. The SMILES string of the molecule is O=C(c1ccc(Cl)cc1)N1CCCN(C(=O)c2ccccc2Cl)CC1. The van der Waals surface area contributed by atoms with Gasteiger partial charge in [-0.25, -0.2) is 0 Å². The molecule has 130 valence electrons. The molecule has 25 heavy (non-hydrogen) atoms. The summed E-state index contributed by atoms with van der Waals surface area (Å²) in [5.74, 6) is -0.130. The van der Waals surface area contributed by atoms with Crippen molar-refractivity contribution in [1.29, 1.82) is 0 Å². The van der Waals surface area contributed by atoms with Gasteiger partial charge in [0.05, 0.1) is 10.6 Å². The van der Waals surface area contributed by atoms with Crippen LogP contribution in [0, 0.1) is 0 Å². The van der Waals surface area contributed by atoms with Gasteiger partial charge in [0.2, 0.25) is 0 Å². The Morgan fingerprint density at radius 2 is 1.36 bits per heavy atom. The number of nitrogens with zero attached hydrogens (tertiary/aromatic N) is 2. The summed E-state index contributed by atoms with van der Waals surface area (Å²) in [4.78, 5) is 28.8.